The van der Waals surface area contributed by atoms with Gasteiger partial charge < -0.3 is 14.6 Å². The number of benzene rings is 1. The van der Waals surface area contributed by atoms with Gasteiger partial charge in [0.15, 0.2) is 0 Å². The molecule has 1 aromatic carbocycles. The van der Waals surface area contributed by atoms with E-state index in [1.165, 1.54) is 0 Å². The lowest BCUT2D eigenvalue weighted by atomic mass is 10.1. The molecule has 0 bridgehead atoms. The second-order valence-electron chi connectivity index (χ2n) is 5.65. The summed E-state index contributed by atoms with van der Waals surface area (Å²) in [5, 5.41) is 2.66. The SMILES string of the molecule is CCOc1cccc([C@@H](C)NC(=O)Cn2cccc(C(F)(F)F)c2=O)c1. The molecule has 1 N–H and O–H groups in total. The molecule has 0 saturated heterocycles. The van der Waals surface area contributed by atoms with Crippen LogP contribution in [0.4, 0.5) is 13.2 Å². The molecular formula is C18H19F3N2O3. The van der Waals surface area contributed by atoms with Gasteiger partial charge in [0.25, 0.3) is 5.56 Å². The number of alkyl halides is 3. The van der Waals surface area contributed by atoms with Gasteiger partial charge in [0, 0.05) is 6.20 Å². The van der Waals surface area contributed by atoms with Gasteiger partial charge in [0.05, 0.1) is 12.6 Å². The van der Waals surface area contributed by atoms with Gasteiger partial charge in [-0.25, -0.2) is 0 Å². The molecule has 2 rings (SSSR count). The lowest BCUT2D eigenvalue weighted by molar-refractivity contribution is -0.139. The topological polar surface area (TPSA) is 60.3 Å². The summed E-state index contributed by atoms with van der Waals surface area (Å²) in [7, 11) is 0. The highest BCUT2D eigenvalue weighted by Gasteiger charge is 2.34. The van der Waals surface area contributed by atoms with E-state index in [9.17, 15) is 22.8 Å². The van der Waals surface area contributed by atoms with Crippen LogP contribution in [0.15, 0.2) is 47.4 Å². The molecule has 0 unspecified atom stereocenters. The minimum absolute atomic E-state index is 0.399. The first-order valence-corrected chi connectivity index (χ1v) is 8.01. The largest absolute Gasteiger partial charge is 0.494 e. The summed E-state index contributed by atoms with van der Waals surface area (Å²) >= 11 is 0. The van der Waals surface area contributed by atoms with Crippen molar-refractivity contribution in [2.24, 2.45) is 0 Å². The number of hydrogen-bond acceptors (Lipinski definition) is 3. The minimum atomic E-state index is -4.76. The molecule has 1 aromatic heterocycles. The predicted molar refractivity (Wildman–Crippen MR) is 89.9 cm³/mol. The van der Waals surface area contributed by atoms with Gasteiger partial charge in [-0.05, 0) is 43.7 Å². The van der Waals surface area contributed by atoms with Gasteiger partial charge in [0.2, 0.25) is 5.91 Å². The van der Waals surface area contributed by atoms with Crippen molar-refractivity contribution in [1.29, 1.82) is 0 Å². The summed E-state index contributed by atoms with van der Waals surface area (Å²) in [6.45, 7) is 3.59. The van der Waals surface area contributed by atoms with Crippen molar-refractivity contribution < 1.29 is 22.7 Å². The Hall–Kier alpha value is -2.77. The number of nitrogens with zero attached hydrogens (tertiary/aromatic N) is 1. The van der Waals surface area contributed by atoms with Crippen molar-refractivity contribution in [3.63, 3.8) is 0 Å². The van der Waals surface area contributed by atoms with E-state index in [0.717, 1.165) is 22.4 Å². The lowest BCUT2D eigenvalue weighted by Crippen LogP contribution is -2.35. The third kappa shape index (κ3) is 4.87. The molecule has 5 nitrogen and oxygen atoms in total. The maximum Gasteiger partial charge on any atom is 0.421 e. The molecule has 0 aliphatic rings. The van der Waals surface area contributed by atoms with E-state index >= 15 is 0 Å². The first-order valence-electron chi connectivity index (χ1n) is 8.01. The maximum atomic E-state index is 12.8. The highest BCUT2D eigenvalue weighted by atomic mass is 19.4. The lowest BCUT2D eigenvalue weighted by Gasteiger charge is -2.16. The van der Waals surface area contributed by atoms with Crippen molar-refractivity contribution in [2.45, 2.75) is 32.6 Å². The van der Waals surface area contributed by atoms with Crippen LogP contribution in [0.3, 0.4) is 0 Å². The Balaban J connectivity index is 2.09. The van der Waals surface area contributed by atoms with E-state index in [1.54, 1.807) is 31.2 Å². The Kier molecular flexibility index (Phi) is 6.07. The minimum Gasteiger partial charge on any atom is -0.494 e. The molecule has 140 valence electrons. The number of amides is 1. The Morgan fingerprint density at radius 1 is 1.27 bits per heavy atom. The zero-order chi connectivity index (χ0) is 19.3. The molecule has 0 aliphatic carbocycles. The van der Waals surface area contributed by atoms with Crippen LogP contribution in [0.1, 0.15) is 31.0 Å². The number of rotatable bonds is 6. The average Bonchev–Trinajstić information content (AvgIpc) is 2.56. The van der Waals surface area contributed by atoms with Gasteiger partial charge in [-0.15, -0.1) is 0 Å². The highest BCUT2D eigenvalue weighted by molar-refractivity contribution is 5.76. The number of ether oxygens (including phenoxy) is 1. The van der Waals surface area contributed by atoms with Crippen LogP contribution in [0, 0.1) is 0 Å². The molecule has 1 heterocycles. The summed E-state index contributed by atoms with van der Waals surface area (Å²) in [4.78, 5) is 24.0. The van der Waals surface area contributed by atoms with Crippen LogP contribution in [0.25, 0.3) is 0 Å². The summed E-state index contributed by atoms with van der Waals surface area (Å²) in [6.07, 6.45) is -3.61. The molecule has 0 fully saturated rings. The van der Waals surface area contributed by atoms with Gasteiger partial charge in [0.1, 0.15) is 17.9 Å². The average molecular weight is 368 g/mol. The second-order valence-corrected chi connectivity index (χ2v) is 5.65. The van der Waals surface area contributed by atoms with Crippen molar-refractivity contribution in [3.05, 3.63) is 64.1 Å². The summed E-state index contributed by atoms with van der Waals surface area (Å²) in [5.41, 5.74) is -1.77. The number of carbonyl (C=O) groups excluding carboxylic acids is 1. The van der Waals surface area contributed by atoms with E-state index < -0.39 is 35.8 Å². The van der Waals surface area contributed by atoms with Crippen LogP contribution < -0.4 is 15.6 Å². The summed E-state index contributed by atoms with van der Waals surface area (Å²) in [5.74, 6) is 0.0842. The van der Waals surface area contributed by atoms with Crippen LogP contribution in [0.5, 0.6) is 5.75 Å². The zero-order valence-corrected chi connectivity index (χ0v) is 14.3. The standard InChI is InChI=1S/C18H19F3N2O3/c1-3-26-14-7-4-6-13(10-14)12(2)22-16(24)11-23-9-5-8-15(17(23)25)18(19,20)21/h4-10,12H,3,11H2,1-2H3,(H,22,24)/t12-/m1/s1. The second kappa shape index (κ2) is 8.07. The normalized spacial score (nSPS) is 12.5. The molecular weight excluding hydrogens is 349 g/mol. The van der Waals surface area contributed by atoms with Crippen molar-refractivity contribution in [3.8, 4) is 5.75 Å². The molecule has 0 radical (unpaired) electrons. The molecule has 8 heteroatoms. The molecule has 0 saturated carbocycles. The van der Waals surface area contributed by atoms with Crippen molar-refractivity contribution in [2.75, 3.05) is 6.61 Å². The number of aromatic nitrogens is 1. The molecule has 2 aromatic rings. The van der Waals surface area contributed by atoms with Gasteiger partial charge in [-0.2, -0.15) is 13.2 Å². The summed E-state index contributed by atoms with van der Waals surface area (Å²) in [6, 6.07) is 8.51. The van der Waals surface area contributed by atoms with Gasteiger partial charge in [-0.1, -0.05) is 12.1 Å². The molecule has 0 spiro atoms. The van der Waals surface area contributed by atoms with E-state index in [1.807, 2.05) is 6.92 Å². The van der Waals surface area contributed by atoms with Crippen LogP contribution in [-0.4, -0.2) is 17.1 Å². The fourth-order valence-corrected chi connectivity index (χ4v) is 2.44. The number of carbonyl (C=O) groups is 1. The van der Waals surface area contributed by atoms with Gasteiger partial charge in [-0.3, -0.25) is 9.59 Å². The Labute approximate surface area is 148 Å². The van der Waals surface area contributed by atoms with E-state index in [2.05, 4.69) is 5.32 Å². The third-order valence-corrected chi connectivity index (χ3v) is 3.69. The van der Waals surface area contributed by atoms with Crippen molar-refractivity contribution >= 4 is 5.91 Å². The Morgan fingerprint density at radius 3 is 2.65 bits per heavy atom. The monoisotopic (exact) mass is 368 g/mol. The number of hydrogen-bond donors (Lipinski definition) is 1. The van der Waals surface area contributed by atoms with Crippen LogP contribution in [-0.2, 0) is 17.5 Å². The van der Waals surface area contributed by atoms with Gasteiger partial charge >= 0.3 is 6.18 Å². The number of nitrogens with one attached hydrogen (secondary N) is 1. The number of halogens is 3. The Morgan fingerprint density at radius 2 is 2.00 bits per heavy atom. The smallest absolute Gasteiger partial charge is 0.421 e. The summed E-state index contributed by atoms with van der Waals surface area (Å²) < 4.78 is 44.4. The molecule has 1 amide bonds. The van der Waals surface area contributed by atoms with Crippen molar-refractivity contribution in [1.82, 2.24) is 9.88 Å². The fourth-order valence-electron chi connectivity index (χ4n) is 2.44. The van der Waals surface area contributed by atoms with E-state index in [-0.39, 0.29) is 0 Å². The van der Waals surface area contributed by atoms with Crippen LogP contribution in [0.2, 0.25) is 0 Å². The van der Waals surface area contributed by atoms with E-state index in [0.29, 0.717) is 18.4 Å². The zero-order valence-electron chi connectivity index (χ0n) is 14.3. The third-order valence-electron chi connectivity index (χ3n) is 3.69. The highest BCUT2D eigenvalue weighted by Crippen LogP contribution is 2.26. The predicted octanol–water partition coefficient (Wildman–Crippen LogP) is 3.14. The first kappa shape index (κ1) is 19.6. The molecule has 1 atom stereocenters. The van der Waals surface area contributed by atoms with Crippen LogP contribution >= 0.6 is 0 Å². The van der Waals surface area contributed by atoms with E-state index in [4.69, 9.17) is 4.74 Å². The first-order chi connectivity index (χ1) is 12.2. The number of pyridine rings is 1. The quantitative estimate of drug-likeness (QED) is 0.852. The molecule has 0 aliphatic heterocycles. The Bertz CT molecular complexity index is 831. The fraction of sp³-hybridized carbons (Fsp3) is 0.333. The maximum absolute atomic E-state index is 12.8. The molecule has 26 heavy (non-hydrogen) atoms.